The maximum Gasteiger partial charge on any atom is 0.168 e. The summed E-state index contributed by atoms with van der Waals surface area (Å²) in [5.41, 5.74) is 1.95. The molecule has 0 aromatic carbocycles. The molecule has 2 rings (SSSR count). The Morgan fingerprint density at radius 3 is 3.00 bits per heavy atom. The number of rotatable bonds is 6. The van der Waals surface area contributed by atoms with Crippen LogP contribution in [0.3, 0.4) is 0 Å². The lowest BCUT2D eigenvalue weighted by molar-refractivity contribution is 0.271. The Morgan fingerprint density at radius 2 is 2.33 bits per heavy atom. The molecule has 0 saturated carbocycles. The first-order valence-electron chi connectivity index (χ1n) is 5.92. The Kier molecular flexibility index (Phi) is 4.79. The number of hydrogen-bond donors (Lipinski definition) is 1. The van der Waals surface area contributed by atoms with Gasteiger partial charge >= 0.3 is 0 Å². The van der Waals surface area contributed by atoms with Crippen LogP contribution in [0.5, 0.6) is 0 Å². The summed E-state index contributed by atoms with van der Waals surface area (Å²) >= 11 is 3.38. The Morgan fingerprint density at radius 1 is 1.50 bits per heavy atom. The fraction of sp³-hybridized carbons (Fsp3) is 0.500. The number of aromatic nitrogens is 3. The summed E-state index contributed by atoms with van der Waals surface area (Å²) < 4.78 is 1.92. The number of thioether (sulfide) groups is 1. The molecular weight excluding hydrogens is 266 g/mol. The molecule has 0 aliphatic carbocycles. The predicted octanol–water partition coefficient (Wildman–Crippen LogP) is 2.61. The SMILES string of the molecule is CCCc1nc(CSc2ncc(CO)n2C)cs1. The van der Waals surface area contributed by atoms with E-state index in [0.29, 0.717) is 0 Å². The summed E-state index contributed by atoms with van der Waals surface area (Å²) in [7, 11) is 1.92. The molecular formula is C12H17N3OS2. The van der Waals surface area contributed by atoms with Gasteiger partial charge in [-0.15, -0.1) is 11.3 Å². The molecule has 0 aliphatic heterocycles. The second-order valence-electron chi connectivity index (χ2n) is 4.02. The van der Waals surface area contributed by atoms with Crippen LogP contribution in [-0.2, 0) is 25.8 Å². The predicted molar refractivity (Wildman–Crippen MR) is 74.8 cm³/mol. The standard InChI is InChI=1S/C12H17N3OS2/c1-3-4-11-14-9(7-17-11)8-18-12-13-5-10(6-16)15(12)2/h5,7,16H,3-4,6,8H2,1-2H3. The van der Waals surface area contributed by atoms with Gasteiger partial charge in [-0.1, -0.05) is 18.7 Å². The highest BCUT2D eigenvalue weighted by molar-refractivity contribution is 7.98. The van der Waals surface area contributed by atoms with Gasteiger partial charge in [0.1, 0.15) is 0 Å². The first-order valence-corrected chi connectivity index (χ1v) is 7.78. The van der Waals surface area contributed by atoms with E-state index >= 15 is 0 Å². The van der Waals surface area contributed by atoms with Crippen LogP contribution in [0, 0.1) is 0 Å². The molecule has 0 saturated heterocycles. The monoisotopic (exact) mass is 283 g/mol. The van der Waals surface area contributed by atoms with Gasteiger partial charge in [0, 0.05) is 18.2 Å². The van der Waals surface area contributed by atoms with Crippen molar-refractivity contribution in [3.8, 4) is 0 Å². The van der Waals surface area contributed by atoms with Gasteiger partial charge < -0.3 is 9.67 Å². The number of nitrogens with zero attached hydrogens (tertiary/aromatic N) is 3. The largest absolute Gasteiger partial charge is 0.390 e. The van der Waals surface area contributed by atoms with E-state index in [1.807, 2.05) is 11.6 Å². The van der Waals surface area contributed by atoms with Crippen LogP contribution in [0.2, 0.25) is 0 Å². The van der Waals surface area contributed by atoms with Crippen molar-refractivity contribution in [3.05, 3.63) is 28.0 Å². The molecule has 0 fully saturated rings. The maximum absolute atomic E-state index is 9.10. The third kappa shape index (κ3) is 3.13. The molecule has 0 amide bonds. The molecule has 4 nitrogen and oxygen atoms in total. The number of aryl methyl sites for hydroxylation is 1. The molecule has 2 heterocycles. The molecule has 6 heteroatoms. The van der Waals surface area contributed by atoms with E-state index in [1.54, 1.807) is 29.3 Å². The average Bonchev–Trinajstić information content (AvgIpc) is 2.94. The minimum atomic E-state index is 0.0292. The van der Waals surface area contributed by atoms with Gasteiger partial charge in [-0.25, -0.2) is 9.97 Å². The molecule has 0 aliphatic rings. The van der Waals surface area contributed by atoms with Crippen LogP contribution in [0.4, 0.5) is 0 Å². The molecule has 1 N–H and O–H groups in total. The minimum Gasteiger partial charge on any atom is -0.390 e. The van der Waals surface area contributed by atoms with E-state index in [1.165, 1.54) is 5.01 Å². The number of aliphatic hydroxyl groups excluding tert-OH is 1. The van der Waals surface area contributed by atoms with Gasteiger partial charge in [0.05, 0.1) is 29.2 Å². The van der Waals surface area contributed by atoms with Crippen molar-refractivity contribution >= 4 is 23.1 Å². The number of aliphatic hydroxyl groups is 1. The normalized spacial score (nSPS) is 11.1. The highest BCUT2D eigenvalue weighted by Crippen LogP contribution is 2.23. The lowest BCUT2D eigenvalue weighted by atomic mass is 10.3. The molecule has 0 unspecified atom stereocenters. The summed E-state index contributed by atoms with van der Waals surface area (Å²) in [6.45, 7) is 2.20. The molecule has 0 spiro atoms. The zero-order valence-electron chi connectivity index (χ0n) is 10.6. The van der Waals surface area contributed by atoms with E-state index in [4.69, 9.17) is 5.11 Å². The third-order valence-electron chi connectivity index (χ3n) is 2.62. The van der Waals surface area contributed by atoms with Crippen LogP contribution in [-0.4, -0.2) is 19.6 Å². The maximum atomic E-state index is 9.10. The molecule has 0 atom stereocenters. The van der Waals surface area contributed by atoms with Crippen LogP contribution in [0.25, 0.3) is 0 Å². The quantitative estimate of drug-likeness (QED) is 0.828. The van der Waals surface area contributed by atoms with Gasteiger partial charge in [-0.05, 0) is 12.8 Å². The van der Waals surface area contributed by atoms with E-state index in [2.05, 4.69) is 22.3 Å². The van der Waals surface area contributed by atoms with Gasteiger partial charge in [0.15, 0.2) is 5.16 Å². The molecule has 0 bridgehead atoms. The summed E-state index contributed by atoms with van der Waals surface area (Å²) in [5.74, 6) is 0.829. The van der Waals surface area contributed by atoms with Crippen molar-refractivity contribution < 1.29 is 5.11 Å². The minimum absolute atomic E-state index is 0.0292. The fourth-order valence-corrected chi connectivity index (χ4v) is 3.46. The highest BCUT2D eigenvalue weighted by atomic mass is 32.2. The van der Waals surface area contributed by atoms with Gasteiger partial charge in [-0.2, -0.15) is 0 Å². The first kappa shape index (κ1) is 13.6. The fourth-order valence-electron chi connectivity index (χ4n) is 1.59. The van der Waals surface area contributed by atoms with Crippen molar-refractivity contribution in [3.63, 3.8) is 0 Å². The van der Waals surface area contributed by atoms with Crippen LogP contribution in [0.15, 0.2) is 16.7 Å². The summed E-state index contributed by atoms with van der Waals surface area (Å²) in [5, 5.41) is 13.4. The Bertz CT molecular complexity index is 507. The van der Waals surface area contributed by atoms with E-state index in [-0.39, 0.29) is 6.61 Å². The van der Waals surface area contributed by atoms with E-state index in [9.17, 15) is 0 Å². The Labute approximate surface area is 115 Å². The number of thiazole rings is 1. The van der Waals surface area contributed by atoms with Crippen molar-refractivity contribution in [1.82, 2.24) is 14.5 Å². The van der Waals surface area contributed by atoms with Crippen LogP contribution >= 0.6 is 23.1 Å². The average molecular weight is 283 g/mol. The van der Waals surface area contributed by atoms with Gasteiger partial charge in [0.25, 0.3) is 0 Å². The number of hydrogen-bond acceptors (Lipinski definition) is 5. The first-order chi connectivity index (χ1) is 8.74. The second-order valence-corrected chi connectivity index (χ2v) is 5.91. The summed E-state index contributed by atoms with van der Waals surface area (Å²) in [4.78, 5) is 8.87. The van der Waals surface area contributed by atoms with Crippen LogP contribution < -0.4 is 0 Å². The molecule has 2 aromatic heterocycles. The Balaban J connectivity index is 1.95. The summed E-state index contributed by atoms with van der Waals surface area (Å²) in [6, 6.07) is 0. The van der Waals surface area contributed by atoms with Crippen molar-refractivity contribution in [2.45, 2.75) is 37.3 Å². The lowest BCUT2D eigenvalue weighted by Gasteiger charge is -2.02. The zero-order chi connectivity index (χ0) is 13.0. The second kappa shape index (κ2) is 6.36. The van der Waals surface area contributed by atoms with Crippen molar-refractivity contribution in [1.29, 1.82) is 0 Å². The van der Waals surface area contributed by atoms with Gasteiger partial charge in [-0.3, -0.25) is 0 Å². The van der Waals surface area contributed by atoms with E-state index < -0.39 is 0 Å². The Hall–Kier alpha value is -0.850. The zero-order valence-corrected chi connectivity index (χ0v) is 12.2. The lowest BCUT2D eigenvalue weighted by Crippen LogP contribution is -1.97. The van der Waals surface area contributed by atoms with E-state index in [0.717, 1.165) is 35.1 Å². The van der Waals surface area contributed by atoms with Gasteiger partial charge in [0.2, 0.25) is 0 Å². The highest BCUT2D eigenvalue weighted by Gasteiger charge is 2.08. The van der Waals surface area contributed by atoms with Crippen molar-refractivity contribution in [2.24, 2.45) is 7.05 Å². The smallest absolute Gasteiger partial charge is 0.168 e. The topological polar surface area (TPSA) is 50.9 Å². The van der Waals surface area contributed by atoms with Crippen molar-refractivity contribution in [2.75, 3.05) is 0 Å². The number of imidazole rings is 1. The molecule has 2 aromatic rings. The molecule has 18 heavy (non-hydrogen) atoms. The summed E-state index contributed by atoms with van der Waals surface area (Å²) in [6.07, 6.45) is 3.91. The third-order valence-corrected chi connectivity index (χ3v) is 4.65. The molecule has 98 valence electrons. The van der Waals surface area contributed by atoms with Crippen LogP contribution in [0.1, 0.15) is 29.7 Å². The molecule has 0 radical (unpaired) electrons.